The van der Waals surface area contributed by atoms with Gasteiger partial charge in [0.1, 0.15) is 0 Å². The summed E-state index contributed by atoms with van der Waals surface area (Å²) < 4.78 is 0. The second kappa shape index (κ2) is 10.4. The fourth-order valence-corrected chi connectivity index (χ4v) is 4.04. The molecule has 5 nitrogen and oxygen atoms in total. The van der Waals surface area contributed by atoms with Crippen LogP contribution in [-0.4, -0.2) is 56.1 Å². The molecule has 2 aromatic rings. The molecule has 0 saturated carbocycles. The molecule has 0 radical (unpaired) electrons. The van der Waals surface area contributed by atoms with Gasteiger partial charge in [0.05, 0.1) is 6.04 Å². The van der Waals surface area contributed by atoms with Crippen LogP contribution in [0.2, 0.25) is 0 Å². The van der Waals surface area contributed by atoms with Gasteiger partial charge in [0, 0.05) is 31.6 Å². The number of nitrogens with zero attached hydrogens (tertiary/aromatic N) is 1. The van der Waals surface area contributed by atoms with Crippen molar-refractivity contribution in [2.24, 2.45) is 5.73 Å². The number of carbonyl (C=O) groups excluding carboxylic acids is 1. The molecule has 1 amide bonds. The van der Waals surface area contributed by atoms with E-state index < -0.39 is 0 Å². The first-order chi connectivity index (χ1) is 13.7. The maximum atomic E-state index is 13.3. The van der Waals surface area contributed by atoms with Crippen molar-refractivity contribution in [2.45, 2.75) is 30.8 Å². The molecule has 1 heterocycles. The van der Waals surface area contributed by atoms with Gasteiger partial charge in [-0.2, -0.15) is 0 Å². The van der Waals surface area contributed by atoms with E-state index in [0.717, 1.165) is 19.5 Å². The van der Waals surface area contributed by atoms with Crippen molar-refractivity contribution in [3.63, 3.8) is 0 Å². The molecule has 2 atom stereocenters. The highest BCUT2D eigenvalue weighted by molar-refractivity contribution is 5.82. The number of amides is 1. The van der Waals surface area contributed by atoms with E-state index in [1.165, 1.54) is 11.1 Å². The van der Waals surface area contributed by atoms with Crippen molar-refractivity contribution in [3.8, 4) is 0 Å². The Morgan fingerprint density at radius 3 is 2.25 bits per heavy atom. The molecule has 1 saturated heterocycles. The average molecular weight is 381 g/mol. The van der Waals surface area contributed by atoms with Crippen LogP contribution in [-0.2, 0) is 4.79 Å². The molecule has 28 heavy (non-hydrogen) atoms. The summed E-state index contributed by atoms with van der Waals surface area (Å²) in [6.45, 7) is 2.80. The van der Waals surface area contributed by atoms with E-state index in [0.29, 0.717) is 19.5 Å². The fraction of sp³-hybridized carbons (Fsp3) is 0.435. The van der Waals surface area contributed by atoms with Gasteiger partial charge < -0.3 is 21.3 Å². The Hall–Kier alpha value is -2.21. The Kier molecular flexibility index (Phi) is 7.60. The summed E-state index contributed by atoms with van der Waals surface area (Å²) in [6, 6.07) is 21.0. The first-order valence-corrected chi connectivity index (χ1v) is 10.2. The molecule has 3 rings (SSSR count). The van der Waals surface area contributed by atoms with Gasteiger partial charge in [-0.3, -0.25) is 4.79 Å². The second-order valence-corrected chi connectivity index (χ2v) is 7.50. The zero-order chi connectivity index (χ0) is 19.8. The lowest BCUT2D eigenvalue weighted by Gasteiger charge is -2.29. The molecule has 5 heteroatoms. The number of nitrogens with two attached hydrogens (primary N) is 1. The molecular weight excluding hydrogens is 348 g/mol. The molecule has 1 aliphatic rings. The van der Waals surface area contributed by atoms with Crippen molar-refractivity contribution in [3.05, 3.63) is 71.8 Å². The molecule has 1 fully saturated rings. The topological polar surface area (TPSA) is 70.4 Å². The number of hydrogen-bond donors (Lipinski definition) is 3. The first kappa shape index (κ1) is 20.5. The van der Waals surface area contributed by atoms with Crippen molar-refractivity contribution in [1.29, 1.82) is 0 Å². The fourth-order valence-electron chi connectivity index (χ4n) is 4.04. The molecule has 0 unspecified atom stereocenters. The van der Waals surface area contributed by atoms with Crippen molar-refractivity contribution in [1.82, 2.24) is 15.5 Å². The van der Waals surface area contributed by atoms with E-state index in [2.05, 4.69) is 59.2 Å². The number of rotatable bonds is 8. The van der Waals surface area contributed by atoms with E-state index in [9.17, 15) is 4.79 Å². The maximum absolute atomic E-state index is 13.3. The zero-order valence-electron chi connectivity index (χ0n) is 16.7. The van der Waals surface area contributed by atoms with Gasteiger partial charge in [0.2, 0.25) is 5.91 Å². The van der Waals surface area contributed by atoms with Gasteiger partial charge in [-0.1, -0.05) is 60.7 Å². The van der Waals surface area contributed by atoms with E-state index in [1.54, 1.807) is 0 Å². The Morgan fingerprint density at radius 1 is 1.11 bits per heavy atom. The van der Waals surface area contributed by atoms with Crippen LogP contribution < -0.4 is 16.4 Å². The number of nitrogens with one attached hydrogen (secondary N) is 2. The van der Waals surface area contributed by atoms with Crippen LogP contribution >= 0.6 is 0 Å². The molecule has 150 valence electrons. The molecule has 0 spiro atoms. The Morgan fingerprint density at radius 2 is 1.71 bits per heavy atom. The van der Waals surface area contributed by atoms with Crippen LogP contribution in [0.5, 0.6) is 0 Å². The summed E-state index contributed by atoms with van der Waals surface area (Å²) in [7, 11) is 1.95. The van der Waals surface area contributed by atoms with E-state index in [1.807, 2.05) is 24.1 Å². The van der Waals surface area contributed by atoms with Crippen molar-refractivity contribution in [2.75, 3.05) is 33.2 Å². The largest absolute Gasteiger partial charge is 0.340 e. The normalized spacial score (nSPS) is 20.4. The van der Waals surface area contributed by atoms with Crippen LogP contribution in [0.25, 0.3) is 0 Å². The van der Waals surface area contributed by atoms with Crippen LogP contribution in [0.3, 0.4) is 0 Å². The second-order valence-electron chi connectivity index (χ2n) is 7.50. The van der Waals surface area contributed by atoms with Gasteiger partial charge in [-0.25, -0.2) is 0 Å². The molecule has 0 bridgehead atoms. The third kappa shape index (κ3) is 5.19. The first-order valence-electron chi connectivity index (χ1n) is 10.2. The lowest BCUT2D eigenvalue weighted by atomic mass is 9.90. The molecule has 4 N–H and O–H groups in total. The maximum Gasteiger partial charge on any atom is 0.239 e. The summed E-state index contributed by atoms with van der Waals surface area (Å²) in [5, 5.41) is 6.74. The average Bonchev–Trinajstić information content (AvgIpc) is 2.87. The minimum absolute atomic E-state index is 0.158. The third-order valence-corrected chi connectivity index (χ3v) is 5.51. The van der Waals surface area contributed by atoms with E-state index >= 15 is 0 Å². The third-order valence-electron chi connectivity index (χ3n) is 5.51. The summed E-state index contributed by atoms with van der Waals surface area (Å²) in [6.07, 6.45) is 1.60. The monoisotopic (exact) mass is 380 g/mol. The van der Waals surface area contributed by atoms with Gasteiger partial charge >= 0.3 is 0 Å². The quantitative estimate of drug-likeness (QED) is 0.655. The number of likely N-dealkylation sites (N-methyl/N-ethyl adjacent to an activating group) is 1. The van der Waals surface area contributed by atoms with Crippen molar-refractivity contribution >= 4 is 5.91 Å². The van der Waals surface area contributed by atoms with Gasteiger partial charge in [0.15, 0.2) is 0 Å². The Bertz CT molecular complexity index is 682. The van der Waals surface area contributed by atoms with Crippen LogP contribution in [0, 0.1) is 0 Å². The summed E-state index contributed by atoms with van der Waals surface area (Å²) in [4.78, 5) is 15.3. The molecule has 1 aliphatic heterocycles. The van der Waals surface area contributed by atoms with Crippen molar-refractivity contribution < 1.29 is 4.79 Å². The molecule has 0 aromatic heterocycles. The number of hydrogen-bond acceptors (Lipinski definition) is 4. The van der Waals surface area contributed by atoms with Gasteiger partial charge in [-0.05, 0) is 37.6 Å². The summed E-state index contributed by atoms with van der Waals surface area (Å²) in [5.41, 5.74) is 8.27. The lowest BCUT2D eigenvalue weighted by Crippen LogP contribution is -2.49. The highest BCUT2D eigenvalue weighted by Crippen LogP contribution is 2.26. The number of benzene rings is 2. The SMILES string of the molecule is CNC[C@@H]1CCN(CC(c2ccccc2)c2ccccc2)C(=O)[C@H](CCN)N1. The van der Waals surface area contributed by atoms with E-state index in [-0.39, 0.29) is 23.9 Å². The van der Waals surface area contributed by atoms with Gasteiger partial charge in [0.25, 0.3) is 0 Å². The minimum atomic E-state index is -0.210. The molecule has 0 aliphatic carbocycles. The molecule has 2 aromatic carbocycles. The highest BCUT2D eigenvalue weighted by Gasteiger charge is 2.31. The predicted molar refractivity (Wildman–Crippen MR) is 114 cm³/mol. The smallest absolute Gasteiger partial charge is 0.239 e. The minimum Gasteiger partial charge on any atom is -0.340 e. The number of carbonyl (C=O) groups is 1. The Balaban J connectivity index is 1.85. The highest BCUT2D eigenvalue weighted by atomic mass is 16.2. The lowest BCUT2D eigenvalue weighted by molar-refractivity contribution is -0.133. The van der Waals surface area contributed by atoms with E-state index in [4.69, 9.17) is 5.73 Å². The molecular formula is C23H32N4O. The Labute approximate surface area is 168 Å². The van der Waals surface area contributed by atoms with Crippen LogP contribution in [0.15, 0.2) is 60.7 Å². The predicted octanol–water partition coefficient (Wildman–Crippen LogP) is 1.95. The summed E-state index contributed by atoms with van der Waals surface area (Å²) >= 11 is 0. The standard InChI is InChI=1S/C23H32N4O/c1-25-16-20-13-15-27(23(28)22(26-20)12-14-24)17-21(18-8-4-2-5-9-18)19-10-6-3-7-11-19/h2-11,20-22,25-26H,12-17,24H2,1H3/t20-,22-/m0/s1. The van der Waals surface area contributed by atoms with Crippen LogP contribution in [0.1, 0.15) is 29.9 Å². The summed E-state index contributed by atoms with van der Waals surface area (Å²) in [5.74, 6) is 0.326. The zero-order valence-corrected chi connectivity index (χ0v) is 16.7. The van der Waals surface area contributed by atoms with Gasteiger partial charge in [-0.15, -0.1) is 0 Å². The van der Waals surface area contributed by atoms with Crippen LogP contribution in [0.4, 0.5) is 0 Å².